The van der Waals surface area contributed by atoms with Crippen LogP contribution in [-0.4, -0.2) is 14.2 Å². The highest BCUT2D eigenvalue weighted by atomic mass is 79.9. The Morgan fingerprint density at radius 3 is 1.33 bits per heavy atom. The first-order valence-electron chi connectivity index (χ1n) is 7.61. The zero-order chi connectivity index (χ0) is 18.8. The van der Waals surface area contributed by atoms with Gasteiger partial charge in [0.25, 0.3) is 0 Å². The average molecular weight is 500 g/mol. The van der Waals surface area contributed by atoms with E-state index in [4.69, 9.17) is 9.47 Å². The molecule has 0 atom stereocenters. The summed E-state index contributed by atoms with van der Waals surface area (Å²) in [7, 11) is 2.98. The lowest BCUT2D eigenvalue weighted by atomic mass is 9.98. The van der Waals surface area contributed by atoms with E-state index in [1.165, 1.54) is 26.4 Å². The normalized spacial score (nSPS) is 10.3. The van der Waals surface area contributed by atoms with Gasteiger partial charge >= 0.3 is 0 Å². The monoisotopic (exact) mass is 498 g/mol. The van der Waals surface area contributed by atoms with E-state index in [0.29, 0.717) is 22.6 Å². The topological polar surface area (TPSA) is 18.5 Å². The van der Waals surface area contributed by atoms with Crippen LogP contribution in [0.3, 0.4) is 0 Å². The quantitative estimate of drug-likeness (QED) is 0.370. The van der Waals surface area contributed by atoms with Crippen LogP contribution in [0.4, 0.5) is 8.78 Å². The van der Waals surface area contributed by atoms with Gasteiger partial charge in [0.05, 0.1) is 14.2 Å². The minimum atomic E-state index is -0.556. The van der Waals surface area contributed by atoms with E-state index in [2.05, 4.69) is 31.9 Å². The van der Waals surface area contributed by atoms with Crippen LogP contribution in [0.5, 0.6) is 11.5 Å². The number of methoxy groups -OCH3 is 2. The van der Waals surface area contributed by atoms with Crippen LogP contribution < -0.4 is 9.47 Å². The summed E-state index contributed by atoms with van der Waals surface area (Å²) >= 11 is 6.70. The van der Waals surface area contributed by atoms with Crippen LogP contribution in [0, 0.1) is 11.6 Å². The molecule has 0 aromatic heterocycles. The molecule has 0 saturated carbocycles. The minimum absolute atomic E-state index is 0. The SMILES string of the molecule is C.COc1ccc(Br)cc1-c1cc(F)c(-c2cc(Br)ccc2OC)cc1F. The van der Waals surface area contributed by atoms with E-state index in [1.807, 2.05) is 0 Å². The van der Waals surface area contributed by atoms with Crippen LogP contribution in [0.25, 0.3) is 22.3 Å². The van der Waals surface area contributed by atoms with E-state index in [1.54, 1.807) is 36.4 Å². The molecule has 142 valence electrons. The molecule has 3 rings (SSSR count). The molecule has 0 aliphatic heterocycles. The Hall–Kier alpha value is -1.92. The van der Waals surface area contributed by atoms with E-state index >= 15 is 0 Å². The second kappa shape index (κ2) is 8.85. The predicted molar refractivity (Wildman–Crippen MR) is 112 cm³/mol. The van der Waals surface area contributed by atoms with E-state index < -0.39 is 11.6 Å². The smallest absolute Gasteiger partial charge is 0.131 e. The zero-order valence-corrected chi connectivity index (χ0v) is 17.1. The lowest BCUT2D eigenvalue weighted by Gasteiger charge is -2.14. The fourth-order valence-corrected chi connectivity index (χ4v) is 3.46. The van der Waals surface area contributed by atoms with Gasteiger partial charge in [-0.3, -0.25) is 0 Å². The van der Waals surface area contributed by atoms with Crippen molar-refractivity contribution in [3.63, 3.8) is 0 Å². The van der Waals surface area contributed by atoms with Gasteiger partial charge in [0.1, 0.15) is 23.1 Å². The number of hydrogen-bond donors (Lipinski definition) is 0. The Bertz CT molecular complexity index is 895. The van der Waals surface area contributed by atoms with Crippen molar-refractivity contribution in [3.8, 4) is 33.8 Å². The number of benzene rings is 3. The van der Waals surface area contributed by atoms with Gasteiger partial charge in [-0.1, -0.05) is 39.3 Å². The van der Waals surface area contributed by atoms with Crippen LogP contribution in [0.15, 0.2) is 57.5 Å². The van der Waals surface area contributed by atoms with Gasteiger partial charge in [-0.05, 0) is 48.5 Å². The van der Waals surface area contributed by atoms with Crippen molar-refractivity contribution in [2.24, 2.45) is 0 Å². The second-order valence-electron chi connectivity index (χ2n) is 5.50. The lowest BCUT2D eigenvalue weighted by Crippen LogP contribution is -1.96. The molecular weight excluding hydrogens is 482 g/mol. The first-order chi connectivity index (χ1) is 12.4. The summed E-state index contributed by atoms with van der Waals surface area (Å²) in [4.78, 5) is 0. The molecule has 27 heavy (non-hydrogen) atoms. The molecule has 0 bridgehead atoms. The second-order valence-corrected chi connectivity index (χ2v) is 7.33. The fraction of sp³-hybridized carbons (Fsp3) is 0.143. The molecule has 6 heteroatoms. The molecule has 0 heterocycles. The Kier molecular flexibility index (Phi) is 7.00. The first kappa shape index (κ1) is 21.4. The van der Waals surface area contributed by atoms with Gasteiger partial charge in [0.15, 0.2) is 0 Å². The highest BCUT2D eigenvalue weighted by Crippen LogP contribution is 2.39. The standard InChI is InChI=1S/C20H14Br2F2O2.CH4/c1-25-19-5-3-11(21)7-15(19)13-9-18(24)14(10-17(13)23)16-8-12(22)4-6-20(16)26-2;/h3-10H,1-2H3;1H4. The van der Waals surface area contributed by atoms with Crippen molar-refractivity contribution in [1.29, 1.82) is 0 Å². The van der Waals surface area contributed by atoms with E-state index in [-0.39, 0.29) is 18.6 Å². The fourth-order valence-electron chi connectivity index (χ4n) is 2.74. The van der Waals surface area contributed by atoms with Crippen LogP contribution in [0.1, 0.15) is 7.43 Å². The van der Waals surface area contributed by atoms with Crippen LogP contribution in [0.2, 0.25) is 0 Å². The summed E-state index contributed by atoms with van der Waals surface area (Å²) in [6.45, 7) is 0. The van der Waals surface area contributed by atoms with E-state index in [9.17, 15) is 8.78 Å². The Balaban J connectivity index is 0.00000261. The summed E-state index contributed by atoms with van der Waals surface area (Å²) in [5, 5.41) is 0. The van der Waals surface area contributed by atoms with Crippen molar-refractivity contribution in [3.05, 3.63) is 69.1 Å². The van der Waals surface area contributed by atoms with Crippen molar-refractivity contribution >= 4 is 31.9 Å². The number of hydrogen-bond acceptors (Lipinski definition) is 2. The van der Waals surface area contributed by atoms with Crippen LogP contribution in [-0.2, 0) is 0 Å². The molecular formula is C21H18Br2F2O2. The molecule has 0 aliphatic rings. The van der Waals surface area contributed by atoms with Crippen molar-refractivity contribution in [2.75, 3.05) is 14.2 Å². The molecule has 0 unspecified atom stereocenters. The maximum absolute atomic E-state index is 14.9. The minimum Gasteiger partial charge on any atom is -0.496 e. The largest absolute Gasteiger partial charge is 0.496 e. The maximum Gasteiger partial charge on any atom is 0.131 e. The van der Waals surface area contributed by atoms with Crippen LogP contribution >= 0.6 is 31.9 Å². The third-order valence-electron chi connectivity index (χ3n) is 3.96. The molecule has 0 radical (unpaired) electrons. The first-order valence-corrected chi connectivity index (χ1v) is 9.20. The number of rotatable bonds is 4. The predicted octanol–water partition coefficient (Wildman–Crippen LogP) is 7.48. The number of halogens is 4. The van der Waals surface area contributed by atoms with Gasteiger partial charge in [-0.2, -0.15) is 0 Å². The summed E-state index contributed by atoms with van der Waals surface area (Å²) in [5.74, 6) is -0.196. The summed E-state index contributed by atoms with van der Waals surface area (Å²) in [6, 6.07) is 12.7. The third-order valence-corrected chi connectivity index (χ3v) is 4.95. The summed E-state index contributed by atoms with van der Waals surface area (Å²) in [6.07, 6.45) is 0. The maximum atomic E-state index is 14.9. The van der Waals surface area contributed by atoms with Gasteiger partial charge < -0.3 is 9.47 Å². The molecule has 3 aromatic rings. The summed E-state index contributed by atoms with van der Waals surface area (Å²) < 4.78 is 41.8. The molecule has 2 nitrogen and oxygen atoms in total. The molecule has 0 amide bonds. The Labute approximate surface area is 174 Å². The molecule has 0 saturated heterocycles. The molecule has 0 fully saturated rings. The Morgan fingerprint density at radius 1 is 0.630 bits per heavy atom. The zero-order valence-electron chi connectivity index (χ0n) is 13.9. The third kappa shape index (κ3) is 4.33. The molecule has 0 aliphatic carbocycles. The highest BCUT2D eigenvalue weighted by Gasteiger charge is 2.18. The van der Waals surface area contributed by atoms with Gasteiger partial charge in [0.2, 0.25) is 0 Å². The summed E-state index contributed by atoms with van der Waals surface area (Å²) in [5.41, 5.74) is 1.17. The van der Waals surface area contributed by atoms with Gasteiger partial charge in [-0.15, -0.1) is 0 Å². The highest BCUT2D eigenvalue weighted by molar-refractivity contribution is 9.10. The molecule has 3 aromatic carbocycles. The van der Waals surface area contributed by atoms with Gasteiger partial charge in [0, 0.05) is 31.2 Å². The number of ether oxygens (including phenoxy) is 2. The van der Waals surface area contributed by atoms with Crippen molar-refractivity contribution in [2.45, 2.75) is 7.43 Å². The Morgan fingerprint density at radius 2 is 1.00 bits per heavy atom. The lowest BCUT2D eigenvalue weighted by molar-refractivity contribution is 0.415. The van der Waals surface area contributed by atoms with Gasteiger partial charge in [-0.25, -0.2) is 8.78 Å². The average Bonchev–Trinajstić information content (AvgIpc) is 2.63. The molecule has 0 spiro atoms. The molecule has 0 N–H and O–H groups in total. The van der Waals surface area contributed by atoms with Crippen molar-refractivity contribution < 1.29 is 18.3 Å². The van der Waals surface area contributed by atoms with Crippen molar-refractivity contribution in [1.82, 2.24) is 0 Å². The van der Waals surface area contributed by atoms with E-state index in [0.717, 1.165) is 8.95 Å².